The van der Waals surface area contributed by atoms with Crippen LogP contribution in [0.2, 0.25) is 0 Å². The predicted octanol–water partition coefficient (Wildman–Crippen LogP) is 2.70. The number of nitrogens with zero attached hydrogens (tertiary/aromatic N) is 1. The van der Waals surface area contributed by atoms with Crippen LogP contribution in [0.5, 0.6) is 0 Å². The Hall–Kier alpha value is -0.860. The Morgan fingerprint density at radius 2 is 1.60 bits per heavy atom. The van der Waals surface area contributed by atoms with Gasteiger partial charge in [-0.1, -0.05) is 28.7 Å². The Labute approximate surface area is 93.8 Å². The number of carbonyl (C=O) groups is 2. The maximum absolute atomic E-state index is 11.7. The van der Waals surface area contributed by atoms with Crippen molar-refractivity contribution < 1.29 is 9.59 Å². The van der Waals surface area contributed by atoms with Gasteiger partial charge >= 0.3 is 0 Å². The number of amides is 2. The van der Waals surface area contributed by atoms with Crippen molar-refractivity contribution in [2.24, 2.45) is 11.8 Å². The van der Waals surface area contributed by atoms with Gasteiger partial charge in [-0.25, -0.2) is 0 Å². The molecule has 3 heteroatoms. The second-order valence-corrected chi connectivity index (χ2v) is 4.25. The van der Waals surface area contributed by atoms with Crippen LogP contribution >= 0.6 is 0 Å². The fourth-order valence-electron chi connectivity index (χ4n) is 1.74. The van der Waals surface area contributed by atoms with Crippen LogP contribution in [0.3, 0.4) is 0 Å². The van der Waals surface area contributed by atoms with Crippen molar-refractivity contribution >= 4 is 11.8 Å². The van der Waals surface area contributed by atoms with Gasteiger partial charge in [0.25, 0.3) is 0 Å². The van der Waals surface area contributed by atoms with E-state index in [4.69, 9.17) is 0 Å². The van der Waals surface area contributed by atoms with E-state index in [-0.39, 0.29) is 44.5 Å². The van der Waals surface area contributed by atoms with Crippen molar-refractivity contribution in [3.05, 3.63) is 0 Å². The number of imide groups is 1. The van der Waals surface area contributed by atoms with Crippen molar-refractivity contribution in [3.8, 4) is 0 Å². The van der Waals surface area contributed by atoms with Gasteiger partial charge in [0.2, 0.25) is 11.8 Å². The monoisotopic (exact) mass is 215 g/mol. The molecule has 0 spiro atoms. The summed E-state index contributed by atoms with van der Waals surface area (Å²) in [6.07, 6.45) is 0.397. The minimum absolute atomic E-state index is 0. The molecule has 15 heavy (non-hydrogen) atoms. The summed E-state index contributed by atoms with van der Waals surface area (Å²) in [5.74, 6) is 0.170. The lowest BCUT2D eigenvalue weighted by atomic mass is 9.94. The molecule has 1 atom stereocenters. The fraction of sp³-hybridized carbons (Fsp3) is 0.833. The molecule has 1 aliphatic rings. The smallest absolute Gasteiger partial charge is 0.233 e. The first-order chi connectivity index (χ1) is 5.95. The van der Waals surface area contributed by atoms with Crippen molar-refractivity contribution in [2.45, 2.75) is 55.0 Å². The highest BCUT2D eigenvalue weighted by atomic mass is 16.2. The summed E-state index contributed by atoms with van der Waals surface area (Å²) in [7, 11) is 0. The van der Waals surface area contributed by atoms with Gasteiger partial charge in [-0.05, 0) is 19.8 Å². The average Bonchev–Trinajstić information content (AvgIpc) is 2.26. The average molecular weight is 215 g/mol. The summed E-state index contributed by atoms with van der Waals surface area (Å²) in [5, 5.41) is 0. The second-order valence-electron chi connectivity index (χ2n) is 4.25. The van der Waals surface area contributed by atoms with Crippen LogP contribution in [-0.2, 0) is 9.59 Å². The van der Waals surface area contributed by atoms with Crippen molar-refractivity contribution in [3.63, 3.8) is 0 Å². The van der Waals surface area contributed by atoms with E-state index >= 15 is 0 Å². The molecule has 1 fully saturated rings. The van der Waals surface area contributed by atoms with Crippen molar-refractivity contribution in [2.75, 3.05) is 0 Å². The van der Waals surface area contributed by atoms with E-state index in [1.165, 1.54) is 4.90 Å². The number of carbonyl (C=O) groups excluding carboxylic acids is 2. The highest BCUT2D eigenvalue weighted by Gasteiger charge is 2.40. The van der Waals surface area contributed by atoms with E-state index in [1.807, 2.05) is 27.7 Å². The molecular formula is C12H25NO2. The molecule has 0 aromatic carbocycles. The highest BCUT2D eigenvalue weighted by Crippen LogP contribution is 2.27. The summed E-state index contributed by atoms with van der Waals surface area (Å²) in [6.45, 7) is 7.72. The van der Waals surface area contributed by atoms with Gasteiger partial charge in [0.15, 0.2) is 0 Å². The minimum Gasteiger partial charge on any atom is -0.280 e. The lowest BCUT2D eigenvalue weighted by Crippen LogP contribution is -2.37. The van der Waals surface area contributed by atoms with Gasteiger partial charge in [0.05, 0.1) is 0 Å². The molecule has 90 valence electrons. The Morgan fingerprint density at radius 1 is 1.13 bits per heavy atom. The van der Waals surface area contributed by atoms with Gasteiger partial charge < -0.3 is 0 Å². The molecule has 3 nitrogen and oxygen atoms in total. The zero-order valence-corrected chi connectivity index (χ0v) is 8.70. The first kappa shape index (κ1) is 16.6. The van der Waals surface area contributed by atoms with E-state index < -0.39 is 0 Å². The van der Waals surface area contributed by atoms with E-state index in [0.29, 0.717) is 6.42 Å². The molecule has 1 saturated heterocycles. The zero-order chi connectivity index (χ0) is 10.2. The topological polar surface area (TPSA) is 37.4 Å². The molecule has 1 heterocycles. The van der Waals surface area contributed by atoms with E-state index in [0.717, 1.165) is 0 Å². The van der Waals surface area contributed by atoms with Crippen LogP contribution < -0.4 is 0 Å². The van der Waals surface area contributed by atoms with Crippen LogP contribution in [0, 0.1) is 11.8 Å². The molecular weight excluding hydrogens is 190 g/mol. The first-order valence-electron chi connectivity index (χ1n) is 4.81. The molecule has 0 radical (unpaired) electrons. The third kappa shape index (κ3) is 3.05. The number of hydrogen-bond donors (Lipinski definition) is 0. The summed E-state index contributed by atoms with van der Waals surface area (Å²) in [5.41, 5.74) is 0. The molecule has 0 N–H and O–H groups in total. The number of likely N-dealkylation sites (tertiary alicyclic amines) is 1. The maximum atomic E-state index is 11.7. The van der Waals surface area contributed by atoms with Crippen molar-refractivity contribution in [1.29, 1.82) is 0 Å². The normalized spacial score (nSPS) is 20.7. The molecule has 0 saturated carbocycles. The Balaban J connectivity index is 0. The van der Waals surface area contributed by atoms with Gasteiger partial charge in [0, 0.05) is 18.4 Å². The molecule has 0 aliphatic carbocycles. The van der Waals surface area contributed by atoms with Gasteiger partial charge in [-0.2, -0.15) is 0 Å². The third-order valence-corrected chi connectivity index (χ3v) is 2.54. The van der Waals surface area contributed by atoms with Crippen LogP contribution in [0.4, 0.5) is 0 Å². The zero-order valence-electron chi connectivity index (χ0n) is 8.70. The molecule has 1 aliphatic heterocycles. The quantitative estimate of drug-likeness (QED) is 0.664. The Kier molecular flexibility index (Phi) is 6.50. The SMILES string of the molecule is C.C.CC(C)C1CC(=O)N(C(C)C)C1=O. The largest absolute Gasteiger partial charge is 0.280 e. The van der Waals surface area contributed by atoms with Crippen LogP contribution in [0.1, 0.15) is 49.0 Å². The van der Waals surface area contributed by atoms with Crippen LogP contribution in [0.25, 0.3) is 0 Å². The maximum Gasteiger partial charge on any atom is 0.233 e. The highest BCUT2D eigenvalue weighted by molar-refractivity contribution is 6.03. The minimum atomic E-state index is -0.0881. The van der Waals surface area contributed by atoms with E-state index in [2.05, 4.69) is 0 Å². The van der Waals surface area contributed by atoms with Crippen LogP contribution in [-0.4, -0.2) is 22.8 Å². The summed E-state index contributed by atoms with van der Waals surface area (Å²) in [6, 6.07) is 0.00347. The predicted molar refractivity (Wildman–Crippen MR) is 63.4 cm³/mol. The first-order valence-corrected chi connectivity index (χ1v) is 4.81. The van der Waals surface area contributed by atoms with Crippen LogP contribution in [0.15, 0.2) is 0 Å². The van der Waals surface area contributed by atoms with E-state index in [1.54, 1.807) is 0 Å². The summed E-state index contributed by atoms with van der Waals surface area (Å²) >= 11 is 0. The molecule has 1 unspecified atom stereocenters. The Bertz CT molecular complexity index is 234. The number of hydrogen-bond acceptors (Lipinski definition) is 2. The lowest BCUT2D eigenvalue weighted by molar-refractivity contribution is -0.141. The van der Waals surface area contributed by atoms with Gasteiger partial charge in [0.1, 0.15) is 0 Å². The molecule has 0 bridgehead atoms. The van der Waals surface area contributed by atoms with Gasteiger partial charge in [-0.15, -0.1) is 0 Å². The molecule has 1 rings (SSSR count). The fourth-order valence-corrected chi connectivity index (χ4v) is 1.74. The van der Waals surface area contributed by atoms with Crippen molar-refractivity contribution in [1.82, 2.24) is 4.90 Å². The summed E-state index contributed by atoms with van der Waals surface area (Å²) < 4.78 is 0. The molecule has 2 amide bonds. The number of rotatable bonds is 2. The second kappa shape index (κ2) is 5.89. The lowest BCUT2D eigenvalue weighted by Gasteiger charge is -2.19. The standard InChI is InChI=1S/C10H17NO2.2CH4/c1-6(2)8-5-9(12)11(7(3)4)10(8)13;;/h6-8H,5H2,1-4H3;2*1H4. The third-order valence-electron chi connectivity index (χ3n) is 2.54. The van der Waals surface area contributed by atoms with Gasteiger partial charge in [-0.3, -0.25) is 14.5 Å². The molecule has 0 aromatic heterocycles. The molecule has 0 aromatic rings. The van der Waals surface area contributed by atoms with E-state index in [9.17, 15) is 9.59 Å². The Morgan fingerprint density at radius 3 is 1.80 bits per heavy atom. The summed E-state index contributed by atoms with van der Waals surface area (Å²) in [4.78, 5) is 24.5.